The van der Waals surface area contributed by atoms with E-state index in [4.69, 9.17) is 9.05 Å². The summed E-state index contributed by atoms with van der Waals surface area (Å²) in [5.74, 6) is 0.633. The summed E-state index contributed by atoms with van der Waals surface area (Å²) in [6, 6.07) is 9.27. The normalized spacial score (nSPS) is 23.2. The molecule has 1 aromatic carbocycles. The van der Waals surface area contributed by atoms with Crippen molar-refractivity contribution < 1.29 is 13.9 Å². The molecule has 20 heavy (non-hydrogen) atoms. The van der Waals surface area contributed by atoms with Gasteiger partial charge in [-0.15, -0.1) is 0 Å². The molecule has 5 heteroatoms. The minimum Gasteiger partial charge on any atom is -0.427 e. The van der Waals surface area contributed by atoms with Crippen LogP contribution in [0.2, 0.25) is 0 Å². The number of benzene rings is 1. The number of piperidine rings is 1. The number of para-hydroxylation sites is 1. The first-order valence-electron chi connectivity index (χ1n) is 6.94. The smallest absolute Gasteiger partial charge is 0.394 e. The van der Waals surface area contributed by atoms with E-state index in [9.17, 15) is 4.89 Å². The highest BCUT2D eigenvalue weighted by Gasteiger charge is 2.39. The van der Waals surface area contributed by atoms with E-state index in [-0.39, 0.29) is 17.2 Å². The van der Waals surface area contributed by atoms with E-state index >= 15 is 0 Å². The van der Waals surface area contributed by atoms with E-state index in [1.165, 1.54) is 0 Å². The molecule has 0 bridgehead atoms. The maximum Gasteiger partial charge on any atom is 0.394 e. The van der Waals surface area contributed by atoms with E-state index in [2.05, 4.69) is 33.0 Å². The van der Waals surface area contributed by atoms with Crippen LogP contribution in [0.25, 0.3) is 0 Å². The van der Waals surface area contributed by atoms with Crippen molar-refractivity contribution in [3.8, 4) is 5.75 Å². The second kappa shape index (κ2) is 5.98. The molecule has 112 valence electrons. The van der Waals surface area contributed by atoms with Gasteiger partial charge in [0.15, 0.2) is 0 Å². The summed E-state index contributed by atoms with van der Waals surface area (Å²) in [6.07, 6.45) is 1.71. The summed E-state index contributed by atoms with van der Waals surface area (Å²) in [6.45, 7) is 8.62. The zero-order chi connectivity index (χ0) is 14.8. The standard InChI is InChI=1S/C15H24NO3P/c1-14(2)10-13(11-15(3,4)16-14)19-20(17)18-12-8-6-5-7-9-12/h5-9,13,16-17H,10-11H2,1-4H3. The molecule has 0 aromatic heterocycles. The largest absolute Gasteiger partial charge is 0.427 e. The average Bonchev–Trinajstić information content (AvgIpc) is 2.25. The predicted molar refractivity (Wildman–Crippen MR) is 81.6 cm³/mol. The quantitative estimate of drug-likeness (QED) is 0.834. The van der Waals surface area contributed by atoms with Gasteiger partial charge in [0.25, 0.3) is 0 Å². The van der Waals surface area contributed by atoms with Gasteiger partial charge in [0, 0.05) is 11.1 Å². The van der Waals surface area contributed by atoms with E-state index in [1.807, 2.05) is 30.3 Å². The first-order chi connectivity index (χ1) is 9.26. The summed E-state index contributed by atoms with van der Waals surface area (Å²) in [4.78, 5) is 10.00. The molecule has 0 saturated carbocycles. The summed E-state index contributed by atoms with van der Waals surface area (Å²) in [5, 5.41) is 3.59. The third kappa shape index (κ3) is 4.71. The molecule has 2 N–H and O–H groups in total. The molecule has 0 amide bonds. The van der Waals surface area contributed by atoms with E-state index in [0.29, 0.717) is 5.75 Å². The van der Waals surface area contributed by atoms with Crippen LogP contribution in [0.4, 0.5) is 0 Å². The van der Waals surface area contributed by atoms with Crippen LogP contribution in [0, 0.1) is 0 Å². The second-order valence-electron chi connectivity index (χ2n) is 6.67. The molecular weight excluding hydrogens is 273 g/mol. The Bertz CT molecular complexity index is 420. The van der Waals surface area contributed by atoms with Gasteiger partial charge in [0.05, 0.1) is 6.10 Å². The van der Waals surface area contributed by atoms with Crippen molar-refractivity contribution in [3.63, 3.8) is 0 Å². The van der Waals surface area contributed by atoms with Crippen LogP contribution < -0.4 is 9.84 Å². The van der Waals surface area contributed by atoms with Crippen LogP contribution in [-0.2, 0) is 4.52 Å². The number of nitrogens with one attached hydrogen (secondary N) is 1. The molecular formula is C15H24NO3P. The monoisotopic (exact) mass is 297 g/mol. The maximum absolute atomic E-state index is 10.00. The van der Waals surface area contributed by atoms with Crippen LogP contribution in [0.3, 0.4) is 0 Å². The van der Waals surface area contributed by atoms with Crippen molar-refractivity contribution >= 4 is 8.60 Å². The second-order valence-corrected chi connectivity index (χ2v) is 7.54. The van der Waals surface area contributed by atoms with Gasteiger partial charge in [-0.3, -0.25) is 4.52 Å². The van der Waals surface area contributed by atoms with Gasteiger partial charge in [0.2, 0.25) is 0 Å². The molecule has 0 spiro atoms. The van der Waals surface area contributed by atoms with Crippen LogP contribution in [-0.4, -0.2) is 22.1 Å². The van der Waals surface area contributed by atoms with E-state index < -0.39 is 8.60 Å². The Morgan fingerprint density at radius 1 is 1.10 bits per heavy atom. The third-order valence-electron chi connectivity index (χ3n) is 3.32. The number of rotatable bonds is 4. The molecule has 2 rings (SSSR count). The third-order valence-corrected chi connectivity index (χ3v) is 4.16. The Kier molecular flexibility index (Phi) is 4.70. The van der Waals surface area contributed by atoms with Crippen molar-refractivity contribution in [2.24, 2.45) is 0 Å². The van der Waals surface area contributed by atoms with Gasteiger partial charge in [-0.1, -0.05) is 18.2 Å². The summed E-state index contributed by atoms with van der Waals surface area (Å²) in [5.41, 5.74) is -0.00925. The van der Waals surface area contributed by atoms with Crippen molar-refractivity contribution in [1.29, 1.82) is 0 Å². The fourth-order valence-corrected chi connectivity index (χ4v) is 3.77. The average molecular weight is 297 g/mol. The van der Waals surface area contributed by atoms with Gasteiger partial charge in [-0.25, -0.2) is 0 Å². The first-order valence-corrected chi connectivity index (χ1v) is 8.07. The molecule has 1 aromatic rings. The van der Waals surface area contributed by atoms with Gasteiger partial charge in [-0.05, 0) is 52.7 Å². The molecule has 1 heterocycles. The summed E-state index contributed by atoms with van der Waals surface area (Å²) >= 11 is 0. The molecule has 0 radical (unpaired) electrons. The molecule has 1 fully saturated rings. The molecule has 1 aliphatic heterocycles. The van der Waals surface area contributed by atoms with Gasteiger partial charge >= 0.3 is 8.60 Å². The Morgan fingerprint density at radius 2 is 1.65 bits per heavy atom. The van der Waals surface area contributed by atoms with Gasteiger partial charge in [0.1, 0.15) is 5.75 Å². The van der Waals surface area contributed by atoms with Crippen molar-refractivity contribution in [2.75, 3.05) is 0 Å². The van der Waals surface area contributed by atoms with E-state index in [1.54, 1.807) is 0 Å². The van der Waals surface area contributed by atoms with Gasteiger partial charge < -0.3 is 14.7 Å². The highest BCUT2D eigenvalue weighted by atomic mass is 31.2. The molecule has 1 aliphatic rings. The Morgan fingerprint density at radius 3 is 2.20 bits per heavy atom. The SMILES string of the molecule is CC1(C)CC(OP(O)Oc2ccccc2)CC(C)(C)N1. The Hall–Kier alpha value is -0.670. The van der Waals surface area contributed by atoms with Crippen molar-refractivity contribution in [2.45, 2.75) is 57.7 Å². The number of hydrogen-bond acceptors (Lipinski definition) is 4. The Labute approximate surface area is 122 Å². The summed E-state index contributed by atoms with van der Waals surface area (Å²) < 4.78 is 11.2. The fourth-order valence-electron chi connectivity index (χ4n) is 3.02. The molecule has 1 atom stereocenters. The lowest BCUT2D eigenvalue weighted by Crippen LogP contribution is -2.59. The molecule has 0 aliphatic carbocycles. The molecule has 1 unspecified atom stereocenters. The first kappa shape index (κ1) is 15.7. The minimum absolute atomic E-state index is 0.000994. The maximum atomic E-state index is 10.00. The summed E-state index contributed by atoms with van der Waals surface area (Å²) in [7, 11) is -1.89. The van der Waals surface area contributed by atoms with Crippen LogP contribution in [0.15, 0.2) is 30.3 Å². The van der Waals surface area contributed by atoms with Crippen molar-refractivity contribution in [3.05, 3.63) is 30.3 Å². The molecule has 4 nitrogen and oxygen atoms in total. The minimum atomic E-state index is -1.89. The number of hydrogen-bond donors (Lipinski definition) is 2. The fraction of sp³-hybridized carbons (Fsp3) is 0.600. The van der Waals surface area contributed by atoms with Crippen LogP contribution >= 0.6 is 8.60 Å². The van der Waals surface area contributed by atoms with Crippen LogP contribution in [0.5, 0.6) is 5.75 Å². The van der Waals surface area contributed by atoms with E-state index in [0.717, 1.165) is 12.8 Å². The lowest BCUT2D eigenvalue weighted by molar-refractivity contribution is 0.0492. The zero-order valence-corrected chi connectivity index (χ0v) is 13.5. The predicted octanol–water partition coefficient (Wildman–Crippen LogP) is 3.61. The highest BCUT2D eigenvalue weighted by Crippen LogP contribution is 2.41. The van der Waals surface area contributed by atoms with Crippen LogP contribution in [0.1, 0.15) is 40.5 Å². The Balaban J connectivity index is 1.92. The highest BCUT2D eigenvalue weighted by molar-refractivity contribution is 7.41. The lowest BCUT2D eigenvalue weighted by Gasteiger charge is -2.46. The molecule has 1 saturated heterocycles. The lowest BCUT2D eigenvalue weighted by atomic mass is 9.81. The van der Waals surface area contributed by atoms with Gasteiger partial charge in [-0.2, -0.15) is 0 Å². The zero-order valence-electron chi connectivity index (χ0n) is 12.6. The van der Waals surface area contributed by atoms with Crippen molar-refractivity contribution in [1.82, 2.24) is 5.32 Å². The topological polar surface area (TPSA) is 50.7 Å².